The number of hydrogen-bond acceptors (Lipinski definition) is 13. The summed E-state index contributed by atoms with van der Waals surface area (Å²) in [5, 5.41) is 29.0. The number of rotatable bonds is 19. The van der Waals surface area contributed by atoms with Crippen molar-refractivity contribution in [1.29, 1.82) is 0 Å². The van der Waals surface area contributed by atoms with Crippen molar-refractivity contribution >= 4 is 23.4 Å². The van der Waals surface area contributed by atoms with Gasteiger partial charge in [-0.25, -0.2) is 4.79 Å². The molecule has 2 aromatic rings. The normalized spacial score (nSPS) is 23.3. The minimum atomic E-state index is -0.972. The van der Waals surface area contributed by atoms with Crippen LogP contribution in [0.5, 0.6) is 11.5 Å². The van der Waals surface area contributed by atoms with E-state index in [2.05, 4.69) is 15.8 Å². The highest BCUT2D eigenvalue weighted by atomic mass is 35.5. The van der Waals surface area contributed by atoms with Crippen molar-refractivity contribution in [3.63, 3.8) is 0 Å². The molecule has 1 saturated heterocycles. The van der Waals surface area contributed by atoms with Crippen molar-refractivity contribution in [2.45, 2.75) is 94.9 Å². The molecule has 3 N–H and O–H groups in total. The van der Waals surface area contributed by atoms with Crippen molar-refractivity contribution in [2.24, 2.45) is 0 Å². The van der Waals surface area contributed by atoms with Crippen LogP contribution in [0, 0.1) is 0 Å². The number of piperidine rings is 1. The van der Waals surface area contributed by atoms with Crippen molar-refractivity contribution in [2.75, 3.05) is 64.6 Å². The number of fused-ring (bicyclic) bond motifs is 1. The minimum absolute atomic E-state index is 0.0662. The molecule has 1 aliphatic carbocycles. The minimum Gasteiger partial charge on any atom is -0.490 e. The molecule has 2 heterocycles. The highest BCUT2D eigenvalue weighted by Crippen LogP contribution is 2.34. The Kier molecular flexibility index (Phi) is 16.3. The Hall–Kier alpha value is -2.92. The van der Waals surface area contributed by atoms with Gasteiger partial charge < -0.3 is 43.3 Å². The van der Waals surface area contributed by atoms with Crippen LogP contribution in [-0.4, -0.2) is 122 Å². The SMILES string of the molecule is COCCCN1CCOc2ccc(COC3CN(C(=O)OCCCCCCON(O)O)CC(O)C3OC3CCC(Oc4ccc(Cl)cc4)CC3)cc21. The van der Waals surface area contributed by atoms with Crippen LogP contribution in [0.3, 0.4) is 0 Å². The number of carbonyl (C=O) groups is 1. The van der Waals surface area contributed by atoms with Gasteiger partial charge in [-0.15, -0.1) is 0 Å². The molecule has 3 atom stereocenters. The number of methoxy groups -OCH3 is 1. The quantitative estimate of drug-likeness (QED) is 0.120. The van der Waals surface area contributed by atoms with E-state index in [0.29, 0.717) is 31.1 Å². The fourth-order valence-corrected chi connectivity index (χ4v) is 6.99. The predicted octanol–water partition coefficient (Wildman–Crippen LogP) is 5.62. The van der Waals surface area contributed by atoms with Crippen LogP contribution in [0.15, 0.2) is 42.5 Å². The molecule has 2 aromatic carbocycles. The Morgan fingerprint density at radius 1 is 0.942 bits per heavy atom. The maximum Gasteiger partial charge on any atom is 0.409 e. The molecular weight excluding hydrogens is 698 g/mol. The number of β-amino-alcohol motifs (C(OH)–C–C–N with tert-alkyl or cyclic N) is 1. The van der Waals surface area contributed by atoms with E-state index in [4.69, 9.17) is 50.4 Å². The van der Waals surface area contributed by atoms with Crippen molar-refractivity contribution in [3.8, 4) is 11.5 Å². The molecule has 290 valence electrons. The lowest BCUT2D eigenvalue weighted by molar-refractivity contribution is -0.492. The lowest BCUT2D eigenvalue weighted by atomic mass is 9.93. The number of unbranched alkanes of at least 4 members (excludes halogenated alkanes) is 3. The predicted molar refractivity (Wildman–Crippen MR) is 191 cm³/mol. The number of hydrogen-bond donors (Lipinski definition) is 3. The second-order valence-corrected chi connectivity index (χ2v) is 13.9. The first-order valence-corrected chi connectivity index (χ1v) is 18.8. The first-order chi connectivity index (χ1) is 25.3. The Morgan fingerprint density at radius 2 is 1.69 bits per heavy atom. The maximum absolute atomic E-state index is 13.1. The van der Waals surface area contributed by atoms with Gasteiger partial charge in [0.05, 0.1) is 62.7 Å². The van der Waals surface area contributed by atoms with Gasteiger partial charge in [0, 0.05) is 25.3 Å². The third-order valence-electron chi connectivity index (χ3n) is 9.59. The van der Waals surface area contributed by atoms with Gasteiger partial charge in [-0.05, 0) is 93.3 Å². The molecule has 15 heteroatoms. The lowest BCUT2D eigenvalue weighted by Crippen LogP contribution is -2.59. The third-order valence-corrected chi connectivity index (χ3v) is 9.85. The average molecular weight is 752 g/mol. The largest absolute Gasteiger partial charge is 0.490 e. The highest BCUT2D eigenvalue weighted by molar-refractivity contribution is 6.30. The number of benzene rings is 2. The van der Waals surface area contributed by atoms with Crippen LogP contribution in [0.4, 0.5) is 10.5 Å². The Balaban J connectivity index is 1.17. The molecule has 14 nitrogen and oxygen atoms in total. The molecule has 0 spiro atoms. The van der Waals surface area contributed by atoms with Crippen LogP contribution in [-0.2, 0) is 30.4 Å². The Bertz CT molecular complexity index is 1350. The average Bonchev–Trinajstić information content (AvgIpc) is 3.14. The smallest absolute Gasteiger partial charge is 0.409 e. The molecule has 2 aliphatic heterocycles. The van der Waals surface area contributed by atoms with E-state index < -0.39 is 24.4 Å². The maximum atomic E-state index is 13.1. The lowest BCUT2D eigenvalue weighted by Gasteiger charge is -2.43. The molecule has 3 unspecified atom stereocenters. The molecule has 52 heavy (non-hydrogen) atoms. The Labute approximate surface area is 310 Å². The number of aliphatic hydroxyl groups excluding tert-OH is 1. The summed E-state index contributed by atoms with van der Waals surface area (Å²) in [5.74, 6) is 1.62. The number of likely N-dealkylation sites (tertiary alicyclic amines) is 1. The van der Waals surface area contributed by atoms with Crippen LogP contribution in [0.1, 0.15) is 63.4 Å². The van der Waals surface area contributed by atoms with Gasteiger partial charge in [0.1, 0.15) is 36.4 Å². The van der Waals surface area contributed by atoms with Gasteiger partial charge in [-0.1, -0.05) is 24.1 Å². The van der Waals surface area contributed by atoms with Gasteiger partial charge in [-0.2, -0.15) is 0 Å². The summed E-state index contributed by atoms with van der Waals surface area (Å²) >= 11 is 6.02. The van der Waals surface area contributed by atoms with Crippen LogP contribution in [0.25, 0.3) is 0 Å². The fraction of sp³-hybridized carbons (Fsp3) is 0.649. The first-order valence-electron chi connectivity index (χ1n) is 18.4. The summed E-state index contributed by atoms with van der Waals surface area (Å²) < 4.78 is 36.0. The summed E-state index contributed by atoms with van der Waals surface area (Å²) in [4.78, 5) is 21.5. The van der Waals surface area contributed by atoms with E-state index >= 15 is 0 Å². The number of anilines is 1. The molecule has 0 bridgehead atoms. The molecule has 3 aliphatic rings. The number of amides is 1. The van der Waals surface area contributed by atoms with E-state index in [0.717, 1.165) is 80.8 Å². The van der Waals surface area contributed by atoms with Gasteiger partial charge in [0.25, 0.3) is 0 Å². The van der Waals surface area contributed by atoms with E-state index in [1.807, 2.05) is 36.4 Å². The van der Waals surface area contributed by atoms with Crippen molar-refractivity contribution in [1.82, 2.24) is 10.3 Å². The first kappa shape index (κ1) is 40.3. The number of carbonyl (C=O) groups excluding carboxylic acids is 1. The number of halogens is 1. The highest BCUT2D eigenvalue weighted by Gasteiger charge is 2.42. The molecule has 1 amide bonds. The van der Waals surface area contributed by atoms with E-state index in [9.17, 15) is 9.90 Å². The third kappa shape index (κ3) is 12.6. The Morgan fingerprint density at radius 3 is 2.44 bits per heavy atom. The zero-order chi connectivity index (χ0) is 36.7. The fourth-order valence-electron chi connectivity index (χ4n) is 6.86. The molecular formula is C37H54ClN3O11. The van der Waals surface area contributed by atoms with Crippen LogP contribution in [0.2, 0.25) is 5.02 Å². The summed E-state index contributed by atoms with van der Waals surface area (Å²) in [6, 6.07) is 13.4. The topological polar surface area (TPSA) is 152 Å². The molecule has 1 saturated carbocycles. The van der Waals surface area contributed by atoms with Gasteiger partial charge >= 0.3 is 6.09 Å². The second-order valence-electron chi connectivity index (χ2n) is 13.5. The molecule has 2 fully saturated rings. The zero-order valence-electron chi connectivity index (χ0n) is 30.0. The number of nitrogens with zero attached hydrogens (tertiary/aromatic N) is 3. The summed E-state index contributed by atoms with van der Waals surface area (Å²) in [7, 11) is 1.71. The van der Waals surface area contributed by atoms with Crippen molar-refractivity contribution < 1.29 is 53.6 Å². The van der Waals surface area contributed by atoms with Crippen LogP contribution < -0.4 is 14.4 Å². The zero-order valence-corrected chi connectivity index (χ0v) is 30.7. The van der Waals surface area contributed by atoms with E-state index in [-0.39, 0.29) is 50.5 Å². The second kappa shape index (κ2) is 21.1. The molecule has 0 radical (unpaired) electrons. The van der Waals surface area contributed by atoms with Gasteiger partial charge in [-0.3, -0.25) is 15.3 Å². The van der Waals surface area contributed by atoms with Crippen molar-refractivity contribution in [3.05, 3.63) is 53.1 Å². The molecule has 0 aromatic heterocycles. The standard InChI is InChI=1S/C37H54ClN3O11/c1-46-19-6-17-39-18-22-47-34-16-7-27(23-32(34)39)26-49-35-25-40(37(43)48-20-4-2-3-5-21-50-41(44)45)24-33(42)36(35)52-31-14-12-30(13-15-31)51-29-10-8-28(38)9-11-29/h7-11,16,23,30-31,33,35-36,42,44-45H,2-6,12-15,17-22,24-26H2,1H3. The summed E-state index contributed by atoms with van der Waals surface area (Å²) in [6.07, 6.45) is 4.17. The number of ether oxygens (including phenoxy) is 6. The summed E-state index contributed by atoms with van der Waals surface area (Å²) in [6.45, 7) is 3.89. The monoisotopic (exact) mass is 751 g/mol. The van der Waals surface area contributed by atoms with E-state index in [1.54, 1.807) is 7.11 Å². The van der Waals surface area contributed by atoms with Crippen LogP contribution >= 0.6 is 11.6 Å². The number of aliphatic hydroxyl groups is 1. The van der Waals surface area contributed by atoms with Gasteiger partial charge in [0.15, 0.2) is 0 Å². The van der Waals surface area contributed by atoms with Gasteiger partial charge in [0.2, 0.25) is 0 Å². The molecule has 5 rings (SSSR count). The summed E-state index contributed by atoms with van der Waals surface area (Å²) in [5.41, 5.74) is 1.96. The van der Waals surface area contributed by atoms with E-state index in [1.165, 1.54) is 4.90 Å².